The quantitative estimate of drug-likeness (QED) is 0.682. The summed E-state index contributed by atoms with van der Waals surface area (Å²) in [5, 5.41) is 18.7. The molecule has 1 aromatic carbocycles. The van der Waals surface area contributed by atoms with Crippen LogP contribution in [0.3, 0.4) is 0 Å². The monoisotopic (exact) mass is 332 g/mol. The first-order valence-electron chi connectivity index (χ1n) is 6.45. The van der Waals surface area contributed by atoms with Gasteiger partial charge in [-0.3, -0.25) is 0 Å². The zero-order valence-corrected chi connectivity index (χ0v) is 12.7. The van der Waals surface area contributed by atoms with Crippen molar-refractivity contribution in [2.75, 3.05) is 19.8 Å². The van der Waals surface area contributed by atoms with Gasteiger partial charge in [0.2, 0.25) is 0 Å². The predicted octanol–water partition coefficient (Wildman–Crippen LogP) is 2.50. The second-order valence-electron chi connectivity index (χ2n) is 4.32. The number of hydrogen-bond donors (Lipinski definition) is 2. The molecule has 0 heterocycles. The van der Waals surface area contributed by atoms with Gasteiger partial charge in [-0.15, -0.1) is 0 Å². The maximum Gasteiger partial charge on any atom is 0.133 e. The van der Waals surface area contributed by atoms with E-state index in [2.05, 4.69) is 22.9 Å². The van der Waals surface area contributed by atoms with E-state index >= 15 is 0 Å². The number of benzene rings is 1. The fraction of sp³-hybridized carbons (Fsp3) is 0.571. The summed E-state index contributed by atoms with van der Waals surface area (Å²) in [4.78, 5) is 0. The van der Waals surface area contributed by atoms with Gasteiger partial charge in [0.05, 0.1) is 17.7 Å². The van der Waals surface area contributed by atoms with E-state index < -0.39 is 6.10 Å². The average Bonchev–Trinajstić information content (AvgIpc) is 2.42. The van der Waals surface area contributed by atoms with Gasteiger partial charge in [0, 0.05) is 6.61 Å². The van der Waals surface area contributed by atoms with E-state index in [0.717, 1.165) is 22.9 Å². The Hall–Kier alpha value is -0.620. The van der Waals surface area contributed by atoms with Gasteiger partial charge in [0.1, 0.15) is 18.5 Å². The summed E-state index contributed by atoms with van der Waals surface area (Å²) in [5.74, 6) is 0.643. The second-order valence-corrected chi connectivity index (χ2v) is 5.17. The molecule has 0 radical (unpaired) electrons. The average molecular weight is 333 g/mol. The van der Waals surface area contributed by atoms with E-state index in [-0.39, 0.29) is 19.8 Å². The van der Waals surface area contributed by atoms with E-state index in [9.17, 15) is 5.11 Å². The maximum atomic E-state index is 9.70. The Balaban J connectivity index is 2.31. The Labute approximate surface area is 122 Å². The number of ether oxygens (including phenoxy) is 2. The molecule has 0 spiro atoms. The van der Waals surface area contributed by atoms with Crippen molar-refractivity contribution < 1.29 is 19.7 Å². The summed E-state index contributed by atoms with van der Waals surface area (Å²) in [5.41, 5.74) is 0.808. The smallest absolute Gasteiger partial charge is 0.133 e. The lowest BCUT2D eigenvalue weighted by Crippen LogP contribution is -2.23. The van der Waals surface area contributed by atoms with Crippen LogP contribution in [0, 0.1) is 0 Å². The number of aliphatic hydroxyl groups excluding tert-OH is 2. The van der Waals surface area contributed by atoms with Crippen LogP contribution in [0.15, 0.2) is 22.7 Å². The molecule has 0 saturated heterocycles. The number of aliphatic hydroxyl groups is 2. The van der Waals surface area contributed by atoms with E-state index in [1.165, 1.54) is 0 Å². The third-order valence-corrected chi connectivity index (χ3v) is 3.18. The molecule has 1 rings (SSSR count). The van der Waals surface area contributed by atoms with E-state index in [1.807, 2.05) is 0 Å². The number of hydrogen-bond acceptors (Lipinski definition) is 4. The van der Waals surface area contributed by atoms with Crippen molar-refractivity contribution in [3.8, 4) is 5.75 Å². The molecule has 0 saturated carbocycles. The molecule has 0 aliphatic carbocycles. The van der Waals surface area contributed by atoms with E-state index in [0.29, 0.717) is 12.4 Å². The molecule has 0 amide bonds. The molecule has 0 aliphatic rings. The zero-order valence-electron chi connectivity index (χ0n) is 11.1. The Morgan fingerprint density at radius 3 is 2.74 bits per heavy atom. The van der Waals surface area contributed by atoms with Crippen LogP contribution < -0.4 is 4.74 Å². The molecular weight excluding hydrogens is 312 g/mol. The highest BCUT2D eigenvalue weighted by molar-refractivity contribution is 9.10. The van der Waals surface area contributed by atoms with Crippen molar-refractivity contribution in [1.82, 2.24) is 0 Å². The molecule has 1 aromatic rings. The van der Waals surface area contributed by atoms with Crippen molar-refractivity contribution in [3.05, 3.63) is 28.2 Å². The summed E-state index contributed by atoms with van der Waals surface area (Å²) < 4.78 is 11.6. The molecule has 1 atom stereocenters. The molecule has 4 nitrogen and oxygen atoms in total. The molecule has 0 aliphatic heterocycles. The van der Waals surface area contributed by atoms with Crippen LogP contribution in [0.2, 0.25) is 0 Å². The summed E-state index contributed by atoms with van der Waals surface area (Å²) in [6.07, 6.45) is 1.44. The summed E-state index contributed by atoms with van der Waals surface area (Å²) >= 11 is 3.36. The van der Waals surface area contributed by atoms with Gasteiger partial charge < -0.3 is 19.7 Å². The molecule has 108 valence electrons. The number of halogens is 1. The highest BCUT2D eigenvalue weighted by Gasteiger charge is 2.08. The van der Waals surface area contributed by atoms with Crippen molar-refractivity contribution in [1.29, 1.82) is 0 Å². The first-order chi connectivity index (χ1) is 9.17. The second kappa shape index (κ2) is 9.31. The van der Waals surface area contributed by atoms with Gasteiger partial charge >= 0.3 is 0 Å². The molecule has 2 N–H and O–H groups in total. The topological polar surface area (TPSA) is 58.9 Å². The maximum absolute atomic E-state index is 9.70. The van der Waals surface area contributed by atoms with Crippen LogP contribution in [0.25, 0.3) is 0 Å². The van der Waals surface area contributed by atoms with E-state index in [4.69, 9.17) is 14.6 Å². The fourth-order valence-electron chi connectivity index (χ4n) is 1.46. The Kier molecular flexibility index (Phi) is 8.05. The molecule has 0 bridgehead atoms. The Morgan fingerprint density at radius 2 is 2.11 bits per heavy atom. The molecular formula is C14H21BrO4. The standard InChI is InChI=1S/C14H21BrO4/c1-2-3-6-18-9-12(17)10-19-14-5-4-11(8-16)7-13(14)15/h4-5,7,12,16-17H,2-3,6,8-10H2,1H3. The SMILES string of the molecule is CCCCOCC(O)COc1ccc(CO)cc1Br. The highest BCUT2D eigenvalue weighted by atomic mass is 79.9. The predicted molar refractivity (Wildman–Crippen MR) is 77.3 cm³/mol. The Bertz CT molecular complexity index is 370. The zero-order chi connectivity index (χ0) is 14.1. The Morgan fingerprint density at radius 1 is 1.32 bits per heavy atom. The van der Waals surface area contributed by atoms with Gasteiger partial charge in [0.25, 0.3) is 0 Å². The largest absolute Gasteiger partial charge is 0.490 e. The van der Waals surface area contributed by atoms with Gasteiger partial charge in [0.15, 0.2) is 0 Å². The van der Waals surface area contributed by atoms with Gasteiger partial charge in [-0.25, -0.2) is 0 Å². The van der Waals surface area contributed by atoms with Crippen LogP contribution in [-0.4, -0.2) is 36.1 Å². The summed E-state index contributed by atoms with van der Waals surface area (Å²) in [6, 6.07) is 5.34. The van der Waals surface area contributed by atoms with Crippen LogP contribution in [0.1, 0.15) is 25.3 Å². The van der Waals surface area contributed by atoms with Crippen molar-refractivity contribution in [2.24, 2.45) is 0 Å². The first-order valence-corrected chi connectivity index (χ1v) is 7.24. The fourth-order valence-corrected chi connectivity index (χ4v) is 2.00. The first kappa shape index (κ1) is 16.4. The van der Waals surface area contributed by atoms with Crippen molar-refractivity contribution in [3.63, 3.8) is 0 Å². The summed E-state index contributed by atoms with van der Waals surface area (Å²) in [6.45, 7) is 3.22. The molecule has 19 heavy (non-hydrogen) atoms. The molecule has 0 aromatic heterocycles. The summed E-state index contributed by atoms with van der Waals surface area (Å²) in [7, 11) is 0. The molecule has 1 unspecified atom stereocenters. The highest BCUT2D eigenvalue weighted by Crippen LogP contribution is 2.26. The van der Waals surface area contributed by atoms with Crippen LogP contribution in [0.4, 0.5) is 0 Å². The minimum atomic E-state index is -0.638. The minimum Gasteiger partial charge on any atom is -0.490 e. The lowest BCUT2D eigenvalue weighted by atomic mass is 10.2. The van der Waals surface area contributed by atoms with Crippen LogP contribution in [0.5, 0.6) is 5.75 Å². The number of rotatable bonds is 9. The van der Waals surface area contributed by atoms with Crippen LogP contribution in [-0.2, 0) is 11.3 Å². The third-order valence-electron chi connectivity index (χ3n) is 2.56. The van der Waals surface area contributed by atoms with Crippen LogP contribution >= 0.6 is 15.9 Å². The minimum absolute atomic E-state index is 0.00717. The lowest BCUT2D eigenvalue weighted by Gasteiger charge is -2.14. The van der Waals surface area contributed by atoms with Gasteiger partial charge in [-0.1, -0.05) is 19.4 Å². The number of unbranched alkanes of at least 4 members (excludes halogenated alkanes) is 1. The molecule has 0 fully saturated rings. The third kappa shape index (κ3) is 6.38. The van der Waals surface area contributed by atoms with Crippen molar-refractivity contribution >= 4 is 15.9 Å². The normalized spacial score (nSPS) is 12.4. The van der Waals surface area contributed by atoms with Crippen molar-refractivity contribution in [2.45, 2.75) is 32.5 Å². The van der Waals surface area contributed by atoms with Gasteiger partial charge in [-0.05, 0) is 40.0 Å². The lowest BCUT2D eigenvalue weighted by molar-refractivity contribution is 0.0111. The molecule has 5 heteroatoms. The van der Waals surface area contributed by atoms with Gasteiger partial charge in [-0.2, -0.15) is 0 Å². The van der Waals surface area contributed by atoms with E-state index in [1.54, 1.807) is 18.2 Å².